The van der Waals surface area contributed by atoms with E-state index in [9.17, 15) is 14.7 Å². The number of aromatic nitrogens is 1. The van der Waals surface area contributed by atoms with Crippen LogP contribution in [0.4, 0.5) is 5.13 Å². The number of thiazole rings is 1. The number of Topliss-reactive ketones (excluding diaryl/α,β-unsaturated/α-hetero) is 1. The predicted octanol–water partition coefficient (Wildman–Crippen LogP) is 6.21. The van der Waals surface area contributed by atoms with E-state index in [1.54, 1.807) is 30.3 Å². The average Bonchev–Trinajstić information content (AvgIpc) is 3.51. The van der Waals surface area contributed by atoms with Crippen LogP contribution in [0, 0.1) is 6.92 Å². The Morgan fingerprint density at radius 3 is 2.67 bits per heavy atom. The molecule has 8 heteroatoms. The molecule has 0 aliphatic carbocycles. The molecule has 0 unspecified atom stereocenters. The summed E-state index contributed by atoms with van der Waals surface area (Å²) in [6.07, 6.45) is 0.753. The zero-order valence-corrected chi connectivity index (χ0v) is 21.1. The molecule has 4 aromatic rings. The molecule has 2 atom stereocenters. The van der Waals surface area contributed by atoms with Gasteiger partial charge in [-0.15, -0.1) is 0 Å². The third kappa shape index (κ3) is 3.67. The summed E-state index contributed by atoms with van der Waals surface area (Å²) in [5, 5.41) is 12.4. The van der Waals surface area contributed by atoms with Crippen LogP contribution in [0.25, 0.3) is 16.0 Å². The van der Waals surface area contributed by atoms with Gasteiger partial charge in [0.2, 0.25) is 0 Å². The van der Waals surface area contributed by atoms with Gasteiger partial charge in [-0.25, -0.2) is 4.98 Å². The van der Waals surface area contributed by atoms with Gasteiger partial charge in [0.1, 0.15) is 17.6 Å². The Balaban J connectivity index is 1.53. The lowest BCUT2D eigenvalue weighted by atomic mass is 9.94. The van der Waals surface area contributed by atoms with Crippen molar-refractivity contribution in [3.63, 3.8) is 0 Å². The maximum atomic E-state index is 13.4. The molecule has 1 fully saturated rings. The zero-order valence-electron chi connectivity index (χ0n) is 19.5. The Hall–Kier alpha value is -3.68. The standard InChI is InChI=1S/C28H21ClN2O4S/c1-14-3-5-16(6-4-14)24-23(25(32)17-7-10-21-18(12-17)11-15(2)35-21)26(33)27(34)31(24)28-30-20-9-8-19(29)13-22(20)36-28/h3-10,12-13,15,24,32H,11H2,1-2H3/t15-,24-/m0/s1. The summed E-state index contributed by atoms with van der Waals surface area (Å²) >= 11 is 7.43. The Labute approximate surface area is 216 Å². The molecule has 6 rings (SSSR count). The molecule has 1 amide bonds. The minimum absolute atomic E-state index is 0.0352. The second-order valence-corrected chi connectivity index (χ2v) is 10.6. The SMILES string of the molecule is Cc1ccc([C@H]2C(=C(O)c3ccc4c(c3)C[C@H](C)O4)C(=O)C(=O)N2c2nc3ccc(Cl)cc3s2)cc1. The minimum Gasteiger partial charge on any atom is -0.507 e. The van der Waals surface area contributed by atoms with Crippen LogP contribution in [0.1, 0.15) is 35.2 Å². The normalized spacial score (nSPS) is 20.7. The van der Waals surface area contributed by atoms with E-state index in [1.807, 2.05) is 44.2 Å². The second-order valence-electron chi connectivity index (χ2n) is 9.14. The molecule has 1 saturated heterocycles. The van der Waals surface area contributed by atoms with Crippen LogP contribution in [0.15, 0.2) is 66.2 Å². The monoisotopic (exact) mass is 516 g/mol. The first kappa shape index (κ1) is 22.8. The molecular weight excluding hydrogens is 496 g/mol. The molecule has 6 nitrogen and oxygen atoms in total. The Morgan fingerprint density at radius 1 is 1.11 bits per heavy atom. The molecule has 0 saturated carbocycles. The number of aryl methyl sites for hydroxylation is 1. The van der Waals surface area contributed by atoms with E-state index in [2.05, 4.69) is 4.98 Å². The van der Waals surface area contributed by atoms with Gasteiger partial charge in [0, 0.05) is 17.0 Å². The number of amides is 1. The topological polar surface area (TPSA) is 79.7 Å². The number of fused-ring (bicyclic) bond motifs is 2. The highest BCUT2D eigenvalue weighted by Crippen LogP contribution is 2.45. The lowest BCUT2D eigenvalue weighted by Gasteiger charge is -2.23. The average molecular weight is 517 g/mol. The van der Waals surface area contributed by atoms with Crippen LogP contribution in [-0.4, -0.2) is 27.9 Å². The van der Waals surface area contributed by atoms with Crippen molar-refractivity contribution in [1.82, 2.24) is 4.98 Å². The molecule has 36 heavy (non-hydrogen) atoms. The van der Waals surface area contributed by atoms with Gasteiger partial charge >= 0.3 is 5.91 Å². The van der Waals surface area contributed by atoms with E-state index in [0.717, 1.165) is 21.6 Å². The van der Waals surface area contributed by atoms with Gasteiger partial charge in [0.05, 0.1) is 21.8 Å². The van der Waals surface area contributed by atoms with E-state index >= 15 is 0 Å². The Bertz CT molecular complexity index is 1590. The Morgan fingerprint density at radius 2 is 1.89 bits per heavy atom. The van der Waals surface area contributed by atoms with Crippen LogP contribution in [0.2, 0.25) is 5.02 Å². The molecular formula is C28H21ClN2O4S. The first-order chi connectivity index (χ1) is 17.3. The highest BCUT2D eigenvalue weighted by Gasteiger charge is 2.48. The van der Waals surface area contributed by atoms with Crippen LogP contribution < -0.4 is 9.64 Å². The van der Waals surface area contributed by atoms with E-state index in [1.165, 1.54) is 16.2 Å². The third-order valence-electron chi connectivity index (χ3n) is 6.55. The maximum Gasteiger partial charge on any atom is 0.301 e. The predicted molar refractivity (Wildman–Crippen MR) is 141 cm³/mol. The molecule has 0 radical (unpaired) electrons. The molecule has 3 heterocycles. The van der Waals surface area contributed by atoms with Gasteiger partial charge in [0.15, 0.2) is 5.13 Å². The molecule has 2 aliphatic heterocycles. The van der Waals surface area contributed by atoms with Crippen molar-refractivity contribution in [2.24, 2.45) is 0 Å². The molecule has 1 aromatic heterocycles. The number of carbonyl (C=O) groups is 2. The molecule has 0 spiro atoms. The first-order valence-corrected chi connectivity index (χ1v) is 12.7. The molecule has 0 bridgehead atoms. The summed E-state index contributed by atoms with van der Waals surface area (Å²) in [6.45, 7) is 3.94. The fraction of sp³-hybridized carbons (Fsp3) is 0.179. The van der Waals surface area contributed by atoms with Crippen molar-refractivity contribution in [2.75, 3.05) is 4.90 Å². The smallest absolute Gasteiger partial charge is 0.301 e. The summed E-state index contributed by atoms with van der Waals surface area (Å²) < 4.78 is 6.58. The van der Waals surface area contributed by atoms with Crippen LogP contribution in [0.5, 0.6) is 5.75 Å². The molecule has 180 valence electrons. The number of ketones is 1. The fourth-order valence-electron chi connectivity index (χ4n) is 4.81. The van der Waals surface area contributed by atoms with Gasteiger partial charge in [0.25, 0.3) is 5.78 Å². The van der Waals surface area contributed by atoms with Gasteiger partial charge < -0.3 is 9.84 Å². The number of halogens is 1. The van der Waals surface area contributed by atoms with Gasteiger partial charge in [-0.2, -0.15) is 0 Å². The molecule has 2 aliphatic rings. The summed E-state index contributed by atoms with van der Waals surface area (Å²) in [6, 6.07) is 17.4. The van der Waals surface area contributed by atoms with Crippen molar-refractivity contribution in [3.05, 3.63) is 93.5 Å². The number of benzene rings is 3. The van der Waals surface area contributed by atoms with Crippen molar-refractivity contribution >= 4 is 55.7 Å². The van der Waals surface area contributed by atoms with Crippen molar-refractivity contribution < 1.29 is 19.4 Å². The number of ether oxygens (including phenoxy) is 1. The lowest BCUT2D eigenvalue weighted by Crippen LogP contribution is -2.29. The maximum absolute atomic E-state index is 13.4. The van der Waals surface area contributed by atoms with Crippen LogP contribution in [-0.2, 0) is 16.0 Å². The largest absolute Gasteiger partial charge is 0.507 e. The van der Waals surface area contributed by atoms with E-state index < -0.39 is 17.7 Å². The van der Waals surface area contributed by atoms with Gasteiger partial charge in [-0.3, -0.25) is 14.5 Å². The summed E-state index contributed by atoms with van der Waals surface area (Å²) in [4.78, 5) is 32.9. The van der Waals surface area contributed by atoms with Crippen molar-refractivity contribution in [3.8, 4) is 5.75 Å². The zero-order chi connectivity index (χ0) is 25.1. The highest BCUT2D eigenvalue weighted by molar-refractivity contribution is 7.22. The lowest BCUT2D eigenvalue weighted by molar-refractivity contribution is -0.132. The van der Waals surface area contributed by atoms with E-state index in [4.69, 9.17) is 16.3 Å². The number of aliphatic hydroxyl groups excluding tert-OH is 1. The number of carbonyl (C=O) groups excluding carboxylic acids is 2. The van der Waals surface area contributed by atoms with Gasteiger partial charge in [-0.05, 0) is 61.4 Å². The van der Waals surface area contributed by atoms with E-state index in [-0.39, 0.29) is 17.4 Å². The summed E-state index contributed by atoms with van der Waals surface area (Å²) in [5.41, 5.74) is 3.88. The number of hydrogen-bond acceptors (Lipinski definition) is 6. The highest BCUT2D eigenvalue weighted by atomic mass is 35.5. The number of rotatable bonds is 3. The third-order valence-corrected chi connectivity index (χ3v) is 7.80. The first-order valence-electron chi connectivity index (χ1n) is 11.5. The number of nitrogens with zero attached hydrogens (tertiary/aromatic N) is 2. The number of aliphatic hydroxyl groups is 1. The van der Waals surface area contributed by atoms with E-state index in [0.29, 0.717) is 33.2 Å². The molecule has 1 N–H and O–H groups in total. The fourth-order valence-corrected chi connectivity index (χ4v) is 6.08. The summed E-state index contributed by atoms with van der Waals surface area (Å²) in [5.74, 6) is -0.929. The van der Waals surface area contributed by atoms with Crippen molar-refractivity contribution in [2.45, 2.75) is 32.4 Å². The summed E-state index contributed by atoms with van der Waals surface area (Å²) in [7, 11) is 0. The second kappa shape index (κ2) is 8.47. The van der Waals surface area contributed by atoms with Crippen molar-refractivity contribution in [1.29, 1.82) is 0 Å². The molecule has 3 aromatic carbocycles. The van der Waals surface area contributed by atoms with Crippen LogP contribution in [0.3, 0.4) is 0 Å². The number of hydrogen-bond donors (Lipinski definition) is 1. The number of anilines is 1. The quantitative estimate of drug-likeness (QED) is 0.199. The van der Waals surface area contributed by atoms with Gasteiger partial charge in [-0.1, -0.05) is 52.8 Å². The van der Waals surface area contributed by atoms with Crippen LogP contribution >= 0.6 is 22.9 Å². The minimum atomic E-state index is -0.829. The Kier molecular flexibility index (Phi) is 5.35.